The number of fused-ring (bicyclic) bond motifs is 3. The highest BCUT2D eigenvalue weighted by Crippen LogP contribution is 2.45. The van der Waals surface area contributed by atoms with Crippen LogP contribution in [0, 0.1) is 6.92 Å². The van der Waals surface area contributed by atoms with Gasteiger partial charge in [-0.3, -0.25) is 4.79 Å². The first-order valence-corrected chi connectivity index (χ1v) is 8.67. The lowest BCUT2D eigenvalue weighted by Gasteiger charge is -2.36. The van der Waals surface area contributed by atoms with Crippen LogP contribution < -0.4 is 17.3 Å². The average Bonchev–Trinajstić information content (AvgIpc) is 2.88. The van der Waals surface area contributed by atoms with E-state index in [1.165, 1.54) is 11.1 Å². The van der Waals surface area contributed by atoms with Gasteiger partial charge in [0.25, 0.3) is 5.91 Å². The van der Waals surface area contributed by atoms with Gasteiger partial charge in [0.1, 0.15) is 5.15 Å². The summed E-state index contributed by atoms with van der Waals surface area (Å²) in [6.45, 7) is 4.08. The monoisotopic (exact) mass is 376 g/mol. The van der Waals surface area contributed by atoms with Gasteiger partial charge in [-0.15, -0.1) is 0 Å². The molecule has 4 nitrogen and oxygen atoms in total. The normalized spacial score (nSPS) is 22.1. The van der Waals surface area contributed by atoms with Gasteiger partial charge in [-0.05, 0) is 50.7 Å². The van der Waals surface area contributed by atoms with Crippen molar-refractivity contribution in [3.8, 4) is 0 Å². The maximum absolute atomic E-state index is 13.2. The van der Waals surface area contributed by atoms with Crippen LogP contribution in [-0.2, 0) is 0 Å². The third-order valence-corrected chi connectivity index (χ3v) is 5.46. The number of piperidine rings is 1. The number of amides is 1. The molecule has 0 bridgehead atoms. The van der Waals surface area contributed by atoms with Gasteiger partial charge in [0.2, 0.25) is 0 Å². The molecule has 25 heavy (non-hydrogen) atoms. The highest BCUT2D eigenvalue weighted by Gasteiger charge is 2.44. The first-order chi connectivity index (χ1) is 11.6. The lowest BCUT2D eigenvalue weighted by Crippen LogP contribution is -3.00. The Labute approximate surface area is 159 Å². The number of aryl methyl sites for hydroxylation is 1. The second-order valence-electron chi connectivity index (χ2n) is 6.80. The van der Waals surface area contributed by atoms with E-state index >= 15 is 0 Å². The lowest BCUT2D eigenvalue weighted by molar-refractivity contribution is -0.0000127. The highest BCUT2D eigenvalue weighted by molar-refractivity contribution is 6.33. The number of aromatic nitrogens is 1. The molecule has 2 aliphatic rings. The van der Waals surface area contributed by atoms with Crippen LogP contribution in [0.15, 0.2) is 36.5 Å². The molecule has 3 heterocycles. The zero-order chi connectivity index (χ0) is 16.8. The van der Waals surface area contributed by atoms with Gasteiger partial charge in [0.05, 0.1) is 5.56 Å². The van der Waals surface area contributed by atoms with Gasteiger partial charge >= 0.3 is 0 Å². The van der Waals surface area contributed by atoms with E-state index in [0.29, 0.717) is 11.5 Å². The minimum Gasteiger partial charge on any atom is -1.00 e. The number of pyridine rings is 1. The van der Waals surface area contributed by atoms with Gasteiger partial charge in [-0.25, -0.2) is 4.98 Å². The summed E-state index contributed by atoms with van der Waals surface area (Å²) in [4.78, 5) is 21.6. The van der Waals surface area contributed by atoms with Gasteiger partial charge in [-0.2, -0.15) is 0 Å². The smallest absolute Gasteiger partial charge is 0.261 e. The van der Waals surface area contributed by atoms with Crippen LogP contribution in [0.5, 0.6) is 0 Å². The Bertz CT molecular complexity index is 811. The topological polar surface area (TPSA) is 36.4 Å². The molecule has 1 aromatic heterocycles. The molecule has 2 unspecified atom stereocenters. The number of rotatable bonds is 1. The van der Waals surface area contributed by atoms with Crippen molar-refractivity contribution in [2.24, 2.45) is 0 Å². The number of likely N-dealkylation sites (N-methyl/N-ethyl adjacent to an activating group) is 1. The molecule has 0 radical (unpaired) electrons. The van der Waals surface area contributed by atoms with Crippen LogP contribution in [0.25, 0.3) is 0 Å². The Kier molecular flexibility index (Phi) is 5.05. The van der Waals surface area contributed by atoms with Crippen molar-refractivity contribution in [1.82, 2.24) is 9.88 Å². The molecular weight excluding hydrogens is 357 g/mol. The fourth-order valence-electron chi connectivity index (χ4n) is 4.02. The maximum atomic E-state index is 13.2. The number of nitrogens with zero attached hydrogens (tertiary/aromatic N) is 3. The van der Waals surface area contributed by atoms with Crippen LogP contribution in [0.2, 0.25) is 5.15 Å². The molecule has 6 heteroatoms. The number of likely N-dealkylation sites (tertiary alicyclic amines) is 1. The first-order valence-electron chi connectivity index (χ1n) is 8.29. The van der Waals surface area contributed by atoms with Crippen LogP contribution in [-0.4, -0.2) is 42.0 Å². The highest BCUT2D eigenvalue weighted by atomic mass is 35.5. The van der Waals surface area contributed by atoms with Crippen molar-refractivity contribution in [1.29, 1.82) is 0 Å². The van der Waals surface area contributed by atoms with E-state index in [2.05, 4.69) is 42.1 Å². The van der Waals surface area contributed by atoms with E-state index in [1.807, 2.05) is 4.90 Å². The molecule has 132 valence electrons. The Balaban J connectivity index is 0.00000182. The Morgan fingerprint density at radius 1 is 1.32 bits per heavy atom. The molecule has 2 atom stereocenters. The minimum absolute atomic E-state index is 0. The Hall–Kier alpha value is -1.62. The molecule has 0 aliphatic carbocycles. The summed E-state index contributed by atoms with van der Waals surface area (Å²) >= 11 is 6.18. The average molecular weight is 377 g/mol. The Morgan fingerprint density at radius 2 is 2.12 bits per heavy atom. The van der Waals surface area contributed by atoms with Crippen molar-refractivity contribution in [3.05, 3.63) is 58.4 Å². The third kappa shape index (κ3) is 3.03. The van der Waals surface area contributed by atoms with Gasteiger partial charge < -0.3 is 22.2 Å². The molecule has 1 saturated heterocycles. The molecule has 1 fully saturated rings. The van der Waals surface area contributed by atoms with E-state index in [0.717, 1.165) is 25.2 Å². The number of halogens is 2. The maximum Gasteiger partial charge on any atom is 0.261 e. The van der Waals surface area contributed by atoms with Crippen LogP contribution in [0.4, 0.5) is 5.69 Å². The third-order valence-electron chi connectivity index (χ3n) is 5.16. The zero-order valence-electron chi connectivity index (χ0n) is 14.2. The number of carbonyl (C=O) groups is 1. The number of hydrogen-bond donors (Lipinski definition) is 0. The van der Waals surface area contributed by atoms with E-state index in [4.69, 9.17) is 11.6 Å². The molecule has 0 N–H and O–H groups in total. The van der Waals surface area contributed by atoms with E-state index in [9.17, 15) is 4.79 Å². The van der Waals surface area contributed by atoms with Crippen LogP contribution in [0.1, 0.15) is 33.8 Å². The molecule has 4 rings (SSSR count). The Morgan fingerprint density at radius 3 is 2.88 bits per heavy atom. The van der Waals surface area contributed by atoms with Crippen molar-refractivity contribution in [2.75, 3.05) is 25.0 Å². The van der Waals surface area contributed by atoms with Crippen molar-refractivity contribution < 1.29 is 17.2 Å². The number of benzene rings is 1. The van der Waals surface area contributed by atoms with Gasteiger partial charge in [0.15, 0.2) is 0 Å². The van der Waals surface area contributed by atoms with Crippen LogP contribution >= 0.6 is 11.6 Å². The standard InChI is InChI=1S/C19H20ClN3O.ClH/c1-12-5-6-16-14(10-12)15-11-22(2)9-7-17(15)23(16)19(24)13-4-3-8-21-18(13)20;/h3-6,8,10,15,17H,7,9,11H2,1-2H3;1H/p-1. The minimum atomic E-state index is -0.0461. The summed E-state index contributed by atoms with van der Waals surface area (Å²) in [5.74, 6) is 0.313. The van der Waals surface area contributed by atoms with Crippen molar-refractivity contribution >= 4 is 23.2 Å². The summed E-state index contributed by atoms with van der Waals surface area (Å²) in [5.41, 5.74) is 4.01. The molecule has 0 saturated carbocycles. The first kappa shape index (κ1) is 18.2. The predicted molar refractivity (Wildman–Crippen MR) is 95.9 cm³/mol. The molecule has 1 amide bonds. The van der Waals surface area contributed by atoms with Gasteiger partial charge in [-0.1, -0.05) is 29.3 Å². The summed E-state index contributed by atoms with van der Waals surface area (Å²) in [7, 11) is 2.15. The molecule has 1 aromatic carbocycles. The largest absolute Gasteiger partial charge is 1.00 e. The zero-order valence-corrected chi connectivity index (χ0v) is 15.8. The second kappa shape index (κ2) is 6.94. The predicted octanol–water partition coefficient (Wildman–Crippen LogP) is 0.496. The fourth-order valence-corrected chi connectivity index (χ4v) is 4.22. The van der Waals surface area contributed by atoms with E-state index in [-0.39, 0.29) is 29.5 Å². The fraction of sp³-hybridized carbons (Fsp3) is 0.368. The van der Waals surface area contributed by atoms with E-state index < -0.39 is 0 Å². The SMILES string of the molecule is Cc1ccc2c(c1)C1CN(C)CCC1N2C(=O)c1cccnc1Cl.[Cl-]. The lowest BCUT2D eigenvalue weighted by atomic mass is 9.89. The van der Waals surface area contributed by atoms with Crippen molar-refractivity contribution in [3.63, 3.8) is 0 Å². The number of anilines is 1. The second-order valence-corrected chi connectivity index (χ2v) is 7.16. The summed E-state index contributed by atoms with van der Waals surface area (Å²) in [5, 5.41) is 0.271. The van der Waals surface area contributed by atoms with Crippen molar-refractivity contribution in [2.45, 2.75) is 25.3 Å². The molecular formula is C19H20Cl2N3O-. The summed E-state index contributed by atoms with van der Waals surface area (Å²) < 4.78 is 0. The molecule has 2 aromatic rings. The summed E-state index contributed by atoms with van der Waals surface area (Å²) in [6.07, 6.45) is 2.58. The summed E-state index contributed by atoms with van der Waals surface area (Å²) in [6, 6.07) is 10.1. The van der Waals surface area contributed by atoms with Crippen LogP contribution in [0.3, 0.4) is 0 Å². The number of carbonyl (C=O) groups excluding carboxylic acids is 1. The molecule has 2 aliphatic heterocycles. The number of hydrogen-bond acceptors (Lipinski definition) is 3. The molecule has 0 spiro atoms. The quantitative estimate of drug-likeness (QED) is 0.679. The van der Waals surface area contributed by atoms with E-state index in [1.54, 1.807) is 18.3 Å². The van der Waals surface area contributed by atoms with Gasteiger partial charge in [0, 0.05) is 30.4 Å².